The minimum atomic E-state index is -0.879. The maximum absolute atomic E-state index is 10.2. The Morgan fingerprint density at radius 3 is 1.76 bits per heavy atom. The molecular weight excluding hydrogens is 220 g/mol. The second-order valence-electron chi connectivity index (χ2n) is 4.09. The third-order valence-corrected chi connectivity index (χ3v) is 2.71. The van der Waals surface area contributed by atoms with Crippen molar-refractivity contribution in [2.45, 2.75) is 37.9 Å². The second-order valence-corrected chi connectivity index (χ2v) is 4.09. The van der Waals surface area contributed by atoms with Crippen LogP contribution >= 0.6 is 0 Å². The third kappa shape index (κ3) is 4.97. The number of carboxylic acid groups (broad SMARTS) is 1. The normalized spacial score (nSPS) is 23.4. The van der Waals surface area contributed by atoms with Crippen LogP contribution in [-0.2, 0) is 0 Å². The highest BCUT2D eigenvalue weighted by molar-refractivity contribution is 5.87. The highest BCUT2D eigenvalue weighted by Gasteiger charge is 2.19. The van der Waals surface area contributed by atoms with E-state index < -0.39 is 18.2 Å². The molecule has 1 aromatic rings. The summed E-state index contributed by atoms with van der Waals surface area (Å²) in [7, 11) is 0. The van der Waals surface area contributed by atoms with E-state index in [1.54, 1.807) is 30.3 Å². The van der Waals surface area contributed by atoms with Crippen LogP contribution in [0.2, 0.25) is 0 Å². The molecule has 4 heteroatoms. The Balaban J connectivity index is 0.000000171. The van der Waals surface area contributed by atoms with Gasteiger partial charge in [-0.3, -0.25) is 0 Å². The van der Waals surface area contributed by atoms with Crippen molar-refractivity contribution in [2.75, 3.05) is 0 Å². The summed E-state index contributed by atoms with van der Waals surface area (Å²) in [6.07, 6.45) is 2.81. The van der Waals surface area contributed by atoms with Crippen LogP contribution in [0.5, 0.6) is 0 Å². The Morgan fingerprint density at radius 1 is 1.00 bits per heavy atom. The lowest BCUT2D eigenvalue weighted by Gasteiger charge is -2.22. The standard InChI is InChI=1S/C7H6O2.C6H12O2/c8-7(9)6-4-2-1-3-5-6;7-5-3-1-2-4-6(5)8/h1-5H,(H,8,9);5-8H,1-4H2/t;5-,6+. The zero-order valence-electron chi connectivity index (χ0n) is 9.62. The fraction of sp³-hybridized carbons (Fsp3) is 0.462. The lowest BCUT2D eigenvalue weighted by atomic mass is 9.95. The number of carboxylic acids is 1. The van der Waals surface area contributed by atoms with Gasteiger partial charge in [-0.15, -0.1) is 0 Å². The lowest BCUT2D eigenvalue weighted by Crippen LogP contribution is -2.28. The first-order chi connectivity index (χ1) is 8.11. The quantitative estimate of drug-likeness (QED) is 0.695. The summed E-state index contributed by atoms with van der Waals surface area (Å²) in [4.78, 5) is 10.2. The minimum Gasteiger partial charge on any atom is -0.478 e. The summed E-state index contributed by atoms with van der Waals surface area (Å²) in [5, 5.41) is 26.2. The monoisotopic (exact) mass is 238 g/mol. The van der Waals surface area contributed by atoms with Crippen molar-refractivity contribution in [2.24, 2.45) is 0 Å². The second kappa shape index (κ2) is 7.04. The molecule has 0 radical (unpaired) electrons. The van der Waals surface area contributed by atoms with E-state index in [4.69, 9.17) is 15.3 Å². The molecule has 0 aromatic heterocycles. The van der Waals surface area contributed by atoms with E-state index in [2.05, 4.69) is 0 Å². The van der Waals surface area contributed by atoms with Crippen molar-refractivity contribution < 1.29 is 20.1 Å². The van der Waals surface area contributed by atoms with Crippen LogP contribution in [0.15, 0.2) is 30.3 Å². The van der Waals surface area contributed by atoms with Gasteiger partial charge < -0.3 is 15.3 Å². The molecule has 1 fully saturated rings. The molecule has 0 saturated heterocycles. The topological polar surface area (TPSA) is 77.8 Å². The molecule has 1 saturated carbocycles. The molecule has 94 valence electrons. The molecule has 1 aliphatic rings. The molecule has 3 N–H and O–H groups in total. The van der Waals surface area contributed by atoms with Gasteiger partial charge in [-0.25, -0.2) is 4.79 Å². The van der Waals surface area contributed by atoms with Gasteiger partial charge >= 0.3 is 5.97 Å². The first kappa shape index (κ1) is 13.7. The first-order valence-corrected chi connectivity index (χ1v) is 5.75. The predicted molar refractivity (Wildman–Crippen MR) is 63.9 cm³/mol. The number of aromatic carboxylic acids is 1. The first-order valence-electron chi connectivity index (χ1n) is 5.75. The summed E-state index contributed by atoms with van der Waals surface area (Å²) in [6.45, 7) is 0. The number of hydrogen-bond donors (Lipinski definition) is 3. The van der Waals surface area contributed by atoms with Gasteiger partial charge in [0, 0.05) is 0 Å². The highest BCUT2D eigenvalue weighted by Crippen LogP contribution is 2.17. The molecule has 1 aromatic carbocycles. The molecular formula is C13H18O4. The summed E-state index contributed by atoms with van der Waals surface area (Å²) in [5.41, 5.74) is 0.331. The van der Waals surface area contributed by atoms with Crippen molar-refractivity contribution in [3.8, 4) is 0 Å². The molecule has 0 heterocycles. The zero-order chi connectivity index (χ0) is 12.7. The largest absolute Gasteiger partial charge is 0.478 e. The number of rotatable bonds is 1. The van der Waals surface area contributed by atoms with Crippen LogP contribution < -0.4 is 0 Å². The van der Waals surface area contributed by atoms with Gasteiger partial charge in [-0.1, -0.05) is 31.0 Å². The van der Waals surface area contributed by atoms with E-state index in [0.29, 0.717) is 5.56 Å². The summed E-state index contributed by atoms with van der Waals surface area (Å²) in [6, 6.07) is 8.30. The van der Waals surface area contributed by atoms with Crippen molar-refractivity contribution in [1.29, 1.82) is 0 Å². The lowest BCUT2D eigenvalue weighted by molar-refractivity contribution is -0.00865. The summed E-state index contributed by atoms with van der Waals surface area (Å²) in [5.74, 6) is -0.879. The average molecular weight is 238 g/mol. The third-order valence-electron chi connectivity index (χ3n) is 2.71. The van der Waals surface area contributed by atoms with E-state index in [0.717, 1.165) is 25.7 Å². The van der Waals surface area contributed by atoms with Crippen molar-refractivity contribution in [3.63, 3.8) is 0 Å². The Labute approximate surface area is 101 Å². The van der Waals surface area contributed by atoms with Crippen molar-refractivity contribution in [1.82, 2.24) is 0 Å². The number of carbonyl (C=O) groups is 1. The molecule has 0 bridgehead atoms. The van der Waals surface area contributed by atoms with E-state index in [-0.39, 0.29) is 0 Å². The molecule has 0 aliphatic heterocycles. The van der Waals surface area contributed by atoms with Crippen molar-refractivity contribution >= 4 is 5.97 Å². The SMILES string of the molecule is O=C(O)c1ccccc1.O[C@@H]1CCCC[C@@H]1O. The molecule has 0 amide bonds. The minimum absolute atomic E-state index is 0.331. The van der Waals surface area contributed by atoms with Gasteiger partial charge in [0.2, 0.25) is 0 Å². The molecule has 4 nitrogen and oxygen atoms in total. The van der Waals surface area contributed by atoms with E-state index in [9.17, 15) is 4.79 Å². The molecule has 1 aliphatic carbocycles. The molecule has 0 unspecified atom stereocenters. The Morgan fingerprint density at radius 2 is 1.47 bits per heavy atom. The zero-order valence-corrected chi connectivity index (χ0v) is 9.62. The van der Waals surface area contributed by atoms with Crippen LogP contribution in [-0.4, -0.2) is 33.5 Å². The predicted octanol–water partition coefficient (Wildman–Crippen LogP) is 1.67. The van der Waals surface area contributed by atoms with Crippen LogP contribution in [0.3, 0.4) is 0 Å². The number of hydrogen-bond acceptors (Lipinski definition) is 3. The van der Waals surface area contributed by atoms with Gasteiger partial charge in [-0.05, 0) is 25.0 Å². The molecule has 17 heavy (non-hydrogen) atoms. The van der Waals surface area contributed by atoms with Crippen molar-refractivity contribution in [3.05, 3.63) is 35.9 Å². The number of aliphatic hydroxyl groups excluding tert-OH is 2. The van der Waals surface area contributed by atoms with Gasteiger partial charge in [-0.2, -0.15) is 0 Å². The van der Waals surface area contributed by atoms with E-state index in [1.165, 1.54) is 0 Å². The smallest absolute Gasteiger partial charge is 0.335 e. The maximum atomic E-state index is 10.2. The Bertz CT molecular complexity index is 327. The van der Waals surface area contributed by atoms with Gasteiger partial charge in [0.25, 0.3) is 0 Å². The Kier molecular flexibility index (Phi) is 5.66. The van der Waals surface area contributed by atoms with Gasteiger partial charge in [0.1, 0.15) is 0 Å². The molecule has 2 atom stereocenters. The van der Waals surface area contributed by atoms with Crippen LogP contribution in [0.25, 0.3) is 0 Å². The fourth-order valence-corrected chi connectivity index (χ4v) is 1.67. The van der Waals surface area contributed by atoms with Crippen LogP contribution in [0.4, 0.5) is 0 Å². The van der Waals surface area contributed by atoms with Crippen LogP contribution in [0, 0.1) is 0 Å². The van der Waals surface area contributed by atoms with Gasteiger partial charge in [0.05, 0.1) is 17.8 Å². The number of benzene rings is 1. The summed E-state index contributed by atoms with van der Waals surface area (Å²) >= 11 is 0. The number of aliphatic hydroxyl groups is 2. The van der Waals surface area contributed by atoms with E-state index in [1.807, 2.05) is 0 Å². The Hall–Kier alpha value is -1.39. The average Bonchev–Trinajstić information content (AvgIpc) is 2.35. The summed E-state index contributed by atoms with van der Waals surface area (Å²) < 4.78 is 0. The molecule has 0 spiro atoms. The highest BCUT2D eigenvalue weighted by atomic mass is 16.4. The van der Waals surface area contributed by atoms with Crippen LogP contribution in [0.1, 0.15) is 36.0 Å². The van der Waals surface area contributed by atoms with Gasteiger partial charge in [0.15, 0.2) is 0 Å². The fourth-order valence-electron chi connectivity index (χ4n) is 1.67. The maximum Gasteiger partial charge on any atom is 0.335 e. The van der Waals surface area contributed by atoms with E-state index >= 15 is 0 Å². The molecule has 2 rings (SSSR count).